The molecule has 1 aromatic rings. The van der Waals surface area contributed by atoms with Crippen molar-refractivity contribution in [3.8, 4) is 5.75 Å². The molecule has 1 amide bonds. The Hall–Kier alpha value is -2.44. The number of rotatable bonds is 5. The molecule has 7 heteroatoms. The summed E-state index contributed by atoms with van der Waals surface area (Å²) in [7, 11) is 3.10. The van der Waals surface area contributed by atoms with E-state index >= 15 is 0 Å². The summed E-state index contributed by atoms with van der Waals surface area (Å²) in [6, 6.07) is 3.78. The number of nitro benzene ring substituents is 1. The first-order chi connectivity index (χ1) is 8.45. The first kappa shape index (κ1) is 13.6. The van der Waals surface area contributed by atoms with E-state index in [1.807, 2.05) is 0 Å². The van der Waals surface area contributed by atoms with Crippen LogP contribution in [0.4, 0.5) is 5.69 Å². The summed E-state index contributed by atoms with van der Waals surface area (Å²) in [5.74, 6) is -0.357. The number of hydrogen-bond donors (Lipinski definition) is 0. The zero-order valence-corrected chi connectivity index (χ0v) is 9.95. The van der Waals surface area contributed by atoms with Crippen LogP contribution in [0, 0.1) is 10.1 Å². The summed E-state index contributed by atoms with van der Waals surface area (Å²) in [4.78, 5) is 33.2. The Morgan fingerprint density at radius 1 is 1.50 bits per heavy atom. The zero-order valence-electron chi connectivity index (χ0n) is 9.95. The van der Waals surface area contributed by atoms with Crippen molar-refractivity contribution in [2.24, 2.45) is 0 Å². The smallest absolute Gasteiger partial charge is 0.311 e. The van der Waals surface area contributed by atoms with Gasteiger partial charge >= 0.3 is 5.69 Å². The van der Waals surface area contributed by atoms with Gasteiger partial charge in [-0.05, 0) is 12.1 Å². The average molecular weight is 252 g/mol. The highest BCUT2D eigenvalue weighted by Crippen LogP contribution is 2.27. The maximum Gasteiger partial charge on any atom is 0.311 e. The molecule has 0 bridgehead atoms. The van der Waals surface area contributed by atoms with E-state index in [0.717, 1.165) is 6.07 Å². The minimum Gasteiger partial charge on any atom is -0.477 e. The normalized spacial score (nSPS) is 9.67. The first-order valence-electron chi connectivity index (χ1n) is 5.02. The average Bonchev–Trinajstić information content (AvgIpc) is 2.35. The molecule has 0 radical (unpaired) electrons. The highest BCUT2D eigenvalue weighted by atomic mass is 16.6. The van der Waals surface area contributed by atoms with E-state index in [1.54, 1.807) is 14.1 Å². The van der Waals surface area contributed by atoms with Crippen LogP contribution < -0.4 is 4.74 Å². The van der Waals surface area contributed by atoms with Gasteiger partial charge in [0.25, 0.3) is 5.91 Å². The van der Waals surface area contributed by atoms with Gasteiger partial charge in [-0.3, -0.25) is 19.7 Å². The number of aldehydes is 1. The molecule has 0 saturated heterocycles. The molecule has 1 aromatic carbocycles. The number of benzene rings is 1. The summed E-state index contributed by atoms with van der Waals surface area (Å²) < 4.78 is 5.07. The van der Waals surface area contributed by atoms with Crippen LogP contribution in [0.1, 0.15) is 10.4 Å². The molecule has 1 rings (SSSR count). The third-order valence-corrected chi connectivity index (χ3v) is 2.17. The lowest BCUT2D eigenvalue weighted by atomic mass is 10.2. The van der Waals surface area contributed by atoms with E-state index in [1.165, 1.54) is 17.0 Å². The SMILES string of the molecule is CN(C)C(=O)COc1ccc(C=O)cc1[N+](=O)[O-]. The van der Waals surface area contributed by atoms with E-state index in [2.05, 4.69) is 0 Å². The molecule has 0 aliphatic carbocycles. The molecule has 96 valence electrons. The van der Waals surface area contributed by atoms with Crippen LogP contribution in [0.25, 0.3) is 0 Å². The van der Waals surface area contributed by atoms with Gasteiger partial charge in [-0.25, -0.2) is 0 Å². The minimum atomic E-state index is -0.664. The summed E-state index contributed by atoms with van der Waals surface area (Å²) in [5, 5.41) is 10.8. The molecular formula is C11H12N2O5. The van der Waals surface area contributed by atoms with Crippen molar-refractivity contribution in [3.05, 3.63) is 33.9 Å². The number of likely N-dealkylation sites (N-methyl/N-ethyl adjacent to an activating group) is 1. The van der Waals surface area contributed by atoms with Gasteiger partial charge in [0.15, 0.2) is 12.4 Å². The van der Waals surface area contributed by atoms with E-state index in [4.69, 9.17) is 4.74 Å². The second-order valence-electron chi connectivity index (χ2n) is 3.68. The van der Waals surface area contributed by atoms with Crippen molar-refractivity contribution in [1.82, 2.24) is 4.90 Å². The lowest BCUT2D eigenvalue weighted by Crippen LogP contribution is -2.27. The topological polar surface area (TPSA) is 89.8 Å². The van der Waals surface area contributed by atoms with Crippen LogP contribution in [0.3, 0.4) is 0 Å². The third-order valence-electron chi connectivity index (χ3n) is 2.17. The van der Waals surface area contributed by atoms with Gasteiger partial charge in [0.1, 0.15) is 6.29 Å². The number of ether oxygens (including phenoxy) is 1. The fourth-order valence-electron chi connectivity index (χ4n) is 1.14. The van der Waals surface area contributed by atoms with Crippen LogP contribution in [-0.4, -0.2) is 42.7 Å². The number of carbonyl (C=O) groups is 2. The predicted octanol–water partition coefficient (Wildman–Crippen LogP) is 0.874. The van der Waals surface area contributed by atoms with E-state index in [0.29, 0.717) is 6.29 Å². The standard InChI is InChI=1S/C11H12N2O5/c1-12(2)11(15)7-18-10-4-3-8(6-14)5-9(10)13(16)17/h3-6H,7H2,1-2H3. The van der Waals surface area contributed by atoms with Gasteiger partial charge in [-0.1, -0.05) is 0 Å². The minimum absolute atomic E-state index is 0.0409. The molecule has 18 heavy (non-hydrogen) atoms. The second-order valence-corrected chi connectivity index (χ2v) is 3.68. The monoisotopic (exact) mass is 252 g/mol. The van der Waals surface area contributed by atoms with Crippen LogP contribution in [0.15, 0.2) is 18.2 Å². The van der Waals surface area contributed by atoms with Crippen LogP contribution in [-0.2, 0) is 4.79 Å². The van der Waals surface area contributed by atoms with Crippen molar-refractivity contribution in [2.75, 3.05) is 20.7 Å². The Labute approximate surface area is 103 Å². The Morgan fingerprint density at radius 2 is 2.17 bits per heavy atom. The van der Waals surface area contributed by atoms with E-state index in [9.17, 15) is 19.7 Å². The summed E-state index contributed by atoms with van der Waals surface area (Å²) in [5.41, 5.74) is -0.167. The quantitative estimate of drug-likeness (QED) is 0.440. The van der Waals surface area contributed by atoms with Crippen molar-refractivity contribution in [2.45, 2.75) is 0 Å². The number of carbonyl (C=O) groups excluding carboxylic acids is 2. The van der Waals surface area contributed by atoms with Crippen molar-refractivity contribution >= 4 is 17.9 Å². The molecule has 0 N–H and O–H groups in total. The highest BCUT2D eigenvalue weighted by Gasteiger charge is 2.17. The number of hydrogen-bond acceptors (Lipinski definition) is 5. The molecule has 0 saturated carbocycles. The predicted molar refractivity (Wildman–Crippen MR) is 62.7 cm³/mol. The maximum absolute atomic E-state index is 11.3. The Bertz CT molecular complexity index is 484. The molecule has 7 nitrogen and oxygen atoms in total. The summed E-state index contributed by atoms with van der Waals surface area (Å²) >= 11 is 0. The molecule has 0 heterocycles. The van der Waals surface area contributed by atoms with E-state index in [-0.39, 0.29) is 29.5 Å². The summed E-state index contributed by atoms with van der Waals surface area (Å²) in [6.07, 6.45) is 0.502. The number of amides is 1. The Morgan fingerprint density at radius 3 is 2.67 bits per heavy atom. The first-order valence-corrected chi connectivity index (χ1v) is 5.02. The molecule has 0 aliphatic rings. The van der Waals surface area contributed by atoms with Gasteiger partial charge in [0.05, 0.1) is 4.92 Å². The number of nitrogens with zero attached hydrogens (tertiary/aromatic N) is 2. The fourth-order valence-corrected chi connectivity index (χ4v) is 1.14. The van der Waals surface area contributed by atoms with Crippen molar-refractivity contribution < 1.29 is 19.2 Å². The molecule has 0 unspecified atom stereocenters. The van der Waals surface area contributed by atoms with Gasteiger partial charge in [0.2, 0.25) is 0 Å². The Balaban J connectivity index is 2.91. The number of nitro groups is 1. The lowest BCUT2D eigenvalue weighted by molar-refractivity contribution is -0.385. The van der Waals surface area contributed by atoms with Crippen LogP contribution >= 0.6 is 0 Å². The molecule has 0 aromatic heterocycles. The van der Waals surface area contributed by atoms with Gasteiger partial charge in [-0.2, -0.15) is 0 Å². The van der Waals surface area contributed by atoms with Gasteiger partial charge < -0.3 is 9.64 Å². The van der Waals surface area contributed by atoms with E-state index < -0.39 is 4.92 Å². The fraction of sp³-hybridized carbons (Fsp3) is 0.273. The molecule has 0 atom stereocenters. The van der Waals surface area contributed by atoms with Crippen molar-refractivity contribution in [3.63, 3.8) is 0 Å². The molecule has 0 spiro atoms. The molecular weight excluding hydrogens is 240 g/mol. The molecule has 0 aliphatic heterocycles. The summed E-state index contributed by atoms with van der Waals surface area (Å²) in [6.45, 7) is -0.297. The van der Waals surface area contributed by atoms with Crippen molar-refractivity contribution in [1.29, 1.82) is 0 Å². The van der Waals surface area contributed by atoms with Crippen LogP contribution in [0.5, 0.6) is 5.75 Å². The Kier molecular flexibility index (Phi) is 4.36. The van der Waals surface area contributed by atoms with Gasteiger partial charge in [0, 0.05) is 25.7 Å². The van der Waals surface area contributed by atoms with Gasteiger partial charge in [-0.15, -0.1) is 0 Å². The lowest BCUT2D eigenvalue weighted by Gasteiger charge is -2.11. The maximum atomic E-state index is 11.3. The second kappa shape index (κ2) is 5.76. The largest absolute Gasteiger partial charge is 0.477 e. The molecule has 0 fully saturated rings. The third kappa shape index (κ3) is 3.27. The van der Waals surface area contributed by atoms with Crippen LogP contribution in [0.2, 0.25) is 0 Å². The highest BCUT2D eigenvalue weighted by molar-refractivity contribution is 5.78. The zero-order chi connectivity index (χ0) is 13.7.